The van der Waals surface area contributed by atoms with Gasteiger partial charge in [-0.3, -0.25) is 9.97 Å². The van der Waals surface area contributed by atoms with Crippen molar-refractivity contribution in [2.75, 3.05) is 11.4 Å². The van der Waals surface area contributed by atoms with Crippen molar-refractivity contribution in [2.45, 2.75) is 19.9 Å². The Labute approximate surface area is 151 Å². The Kier molecular flexibility index (Phi) is 4.05. The molecule has 0 aliphatic carbocycles. The largest absolute Gasteiger partial charge is 0.352 e. The van der Waals surface area contributed by atoms with E-state index < -0.39 is 5.95 Å². The summed E-state index contributed by atoms with van der Waals surface area (Å²) in [7, 11) is 0. The van der Waals surface area contributed by atoms with Crippen LogP contribution in [-0.4, -0.2) is 21.5 Å². The third kappa shape index (κ3) is 3.00. The topological polar surface area (TPSA) is 46.3 Å². The highest BCUT2D eigenvalue weighted by atomic mass is 19.1. The van der Waals surface area contributed by atoms with Gasteiger partial charge in [0, 0.05) is 43.2 Å². The number of anilines is 1. The zero-order chi connectivity index (χ0) is 18.1. The molecule has 0 saturated heterocycles. The van der Waals surface area contributed by atoms with E-state index in [9.17, 15) is 4.39 Å². The van der Waals surface area contributed by atoms with Gasteiger partial charge < -0.3 is 4.90 Å². The van der Waals surface area contributed by atoms with Crippen LogP contribution in [0.1, 0.15) is 16.8 Å². The lowest BCUT2D eigenvalue weighted by Gasteiger charge is -2.30. The van der Waals surface area contributed by atoms with Gasteiger partial charge in [0.25, 0.3) is 0 Å². The van der Waals surface area contributed by atoms with E-state index in [0.717, 1.165) is 41.2 Å². The average molecular weight is 345 g/mol. The highest BCUT2D eigenvalue weighted by molar-refractivity contribution is 5.61. The molecule has 128 valence electrons. The molecule has 3 aromatic rings. The number of hydrogen-bond acceptors (Lipinski definition) is 4. The van der Waals surface area contributed by atoms with Gasteiger partial charge in [-0.05, 0) is 42.3 Å². The predicted octanol–water partition coefficient (Wildman–Crippen LogP) is 4.10. The van der Waals surface area contributed by atoms with Gasteiger partial charge in [0.2, 0.25) is 11.6 Å². The van der Waals surface area contributed by atoms with Crippen molar-refractivity contribution in [3.63, 3.8) is 0 Å². The molecule has 0 saturated carbocycles. The van der Waals surface area contributed by atoms with Gasteiger partial charge in [-0.1, -0.05) is 6.07 Å². The molecular weight excluding hydrogens is 329 g/mol. The fraction of sp³-hybridized carbons (Fsp3) is 0.200. The molecular formula is C20H16FN5. The highest BCUT2D eigenvalue weighted by Gasteiger charge is 2.20. The molecule has 4 heterocycles. The molecule has 6 heteroatoms. The summed E-state index contributed by atoms with van der Waals surface area (Å²) in [5.41, 5.74) is 5.06. The van der Waals surface area contributed by atoms with Crippen LogP contribution in [0.25, 0.3) is 16.1 Å². The lowest BCUT2D eigenvalue weighted by Crippen LogP contribution is -2.32. The summed E-state index contributed by atoms with van der Waals surface area (Å²) < 4.78 is 13.4. The van der Waals surface area contributed by atoms with E-state index in [1.165, 1.54) is 6.07 Å². The van der Waals surface area contributed by atoms with Crippen LogP contribution < -0.4 is 4.90 Å². The minimum atomic E-state index is -0.499. The van der Waals surface area contributed by atoms with E-state index in [0.29, 0.717) is 17.9 Å². The van der Waals surface area contributed by atoms with Crippen molar-refractivity contribution in [3.05, 3.63) is 76.9 Å². The van der Waals surface area contributed by atoms with Gasteiger partial charge in [-0.25, -0.2) is 9.83 Å². The first-order chi connectivity index (χ1) is 12.6. The molecule has 3 aromatic heterocycles. The van der Waals surface area contributed by atoms with Crippen molar-refractivity contribution < 1.29 is 4.39 Å². The van der Waals surface area contributed by atoms with Crippen LogP contribution in [0.4, 0.5) is 15.9 Å². The summed E-state index contributed by atoms with van der Waals surface area (Å²) in [4.78, 5) is 18.6. The van der Waals surface area contributed by atoms with Gasteiger partial charge in [0.05, 0.1) is 12.3 Å². The second-order valence-electron chi connectivity index (χ2n) is 6.29. The number of aryl methyl sites for hydroxylation is 1. The van der Waals surface area contributed by atoms with E-state index in [2.05, 4.69) is 24.7 Å². The van der Waals surface area contributed by atoms with Crippen LogP contribution in [0.3, 0.4) is 0 Å². The van der Waals surface area contributed by atoms with E-state index in [4.69, 9.17) is 6.57 Å². The van der Waals surface area contributed by atoms with Crippen molar-refractivity contribution in [2.24, 2.45) is 0 Å². The van der Waals surface area contributed by atoms with Crippen LogP contribution >= 0.6 is 0 Å². The molecule has 0 spiro atoms. The summed E-state index contributed by atoms with van der Waals surface area (Å²) in [6.07, 6.45) is 4.18. The maximum Gasteiger partial charge on any atom is 0.213 e. The molecule has 0 aromatic carbocycles. The minimum Gasteiger partial charge on any atom is -0.352 e. The summed E-state index contributed by atoms with van der Waals surface area (Å²) in [6.45, 7) is 10.6. The van der Waals surface area contributed by atoms with Crippen LogP contribution in [0.5, 0.6) is 0 Å². The maximum atomic E-state index is 13.4. The van der Waals surface area contributed by atoms with Crippen LogP contribution in [0.15, 0.2) is 42.7 Å². The van der Waals surface area contributed by atoms with Gasteiger partial charge in [-0.2, -0.15) is 4.39 Å². The van der Waals surface area contributed by atoms with E-state index in [1.807, 2.05) is 19.1 Å². The summed E-state index contributed by atoms with van der Waals surface area (Å²) in [5.74, 6) is 0.388. The average Bonchev–Trinajstić information content (AvgIpc) is 2.67. The Hall–Kier alpha value is -3.33. The van der Waals surface area contributed by atoms with Gasteiger partial charge >= 0.3 is 0 Å². The van der Waals surface area contributed by atoms with Crippen molar-refractivity contribution in [1.82, 2.24) is 15.0 Å². The van der Waals surface area contributed by atoms with Gasteiger partial charge in [0.1, 0.15) is 5.82 Å². The van der Waals surface area contributed by atoms with Crippen LogP contribution in [0, 0.1) is 19.4 Å². The van der Waals surface area contributed by atoms with Crippen molar-refractivity contribution in [3.8, 4) is 11.3 Å². The second kappa shape index (κ2) is 6.52. The molecule has 0 N–H and O–H groups in total. The fourth-order valence-corrected chi connectivity index (χ4v) is 3.26. The highest BCUT2D eigenvalue weighted by Crippen LogP contribution is 2.28. The predicted molar refractivity (Wildman–Crippen MR) is 97.4 cm³/mol. The Morgan fingerprint density at radius 3 is 2.85 bits per heavy atom. The van der Waals surface area contributed by atoms with Crippen LogP contribution in [-0.2, 0) is 13.0 Å². The molecule has 0 bridgehead atoms. The van der Waals surface area contributed by atoms with Crippen molar-refractivity contribution in [1.29, 1.82) is 0 Å². The summed E-state index contributed by atoms with van der Waals surface area (Å²) in [6, 6.07) is 8.64. The quantitative estimate of drug-likeness (QED) is 0.518. The first-order valence-corrected chi connectivity index (χ1v) is 8.34. The normalized spacial score (nSPS) is 13.2. The molecule has 0 amide bonds. The summed E-state index contributed by atoms with van der Waals surface area (Å²) in [5, 5.41) is 0. The third-order valence-corrected chi connectivity index (χ3v) is 4.52. The lowest BCUT2D eigenvalue weighted by atomic mass is 10.0. The number of nitrogens with zero attached hydrogens (tertiary/aromatic N) is 5. The Morgan fingerprint density at radius 2 is 2.08 bits per heavy atom. The van der Waals surface area contributed by atoms with Gasteiger partial charge in [-0.15, -0.1) is 0 Å². The molecule has 0 radical (unpaired) electrons. The third-order valence-electron chi connectivity index (χ3n) is 4.52. The van der Waals surface area contributed by atoms with E-state index >= 15 is 0 Å². The monoisotopic (exact) mass is 345 g/mol. The zero-order valence-corrected chi connectivity index (χ0v) is 14.3. The molecule has 1 aliphatic rings. The van der Waals surface area contributed by atoms with Crippen LogP contribution in [0.2, 0.25) is 0 Å². The minimum absolute atomic E-state index is 0.499. The maximum absolute atomic E-state index is 13.4. The van der Waals surface area contributed by atoms with Crippen molar-refractivity contribution >= 4 is 11.5 Å². The zero-order valence-electron chi connectivity index (χ0n) is 14.3. The molecule has 0 atom stereocenters. The Morgan fingerprint density at radius 1 is 1.19 bits per heavy atom. The fourth-order valence-electron chi connectivity index (χ4n) is 3.26. The lowest BCUT2D eigenvalue weighted by molar-refractivity contribution is 0.585. The number of hydrogen-bond donors (Lipinski definition) is 0. The van der Waals surface area contributed by atoms with Gasteiger partial charge in [0.15, 0.2) is 0 Å². The molecule has 0 unspecified atom stereocenters. The number of rotatable bonds is 2. The molecule has 5 nitrogen and oxygen atoms in total. The number of pyridine rings is 3. The summed E-state index contributed by atoms with van der Waals surface area (Å²) >= 11 is 0. The SMILES string of the molecule is [C-]#[N+]c1cnc(N2CCc3ncc(-c4cccc(F)n4)cc3C2)c(C)c1. The number of aromatic nitrogens is 3. The number of fused-ring (bicyclic) bond motifs is 1. The van der Waals surface area contributed by atoms with E-state index in [1.54, 1.807) is 24.5 Å². The number of halogens is 1. The molecule has 1 aliphatic heterocycles. The van der Waals surface area contributed by atoms with E-state index in [-0.39, 0.29) is 0 Å². The standard InChI is InChI=1S/C20H16FN5/c1-13-8-16(22-2)11-24-20(13)26-7-6-17-15(12-26)9-14(10-23-17)18-4-3-5-19(21)25-18/h3-5,8-11H,6-7,12H2,1H3. The Bertz CT molecular complexity index is 1020. The molecule has 0 fully saturated rings. The first-order valence-electron chi connectivity index (χ1n) is 8.34. The first kappa shape index (κ1) is 16.2. The molecule has 4 rings (SSSR count). The second-order valence-corrected chi connectivity index (χ2v) is 6.29. The Balaban J connectivity index is 1.66. The smallest absolute Gasteiger partial charge is 0.213 e. The molecule has 26 heavy (non-hydrogen) atoms.